The molecule has 1 aromatic carbocycles. The number of hydrogen-bond donors (Lipinski definition) is 1. The smallest absolute Gasteiger partial charge is 0.0590 e. The van der Waals surface area contributed by atoms with E-state index in [4.69, 9.17) is 10.5 Å². The number of rotatable bonds is 8. The predicted octanol–water partition coefficient (Wildman–Crippen LogP) is 3.05. The van der Waals surface area contributed by atoms with Crippen LogP contribution in [0.25, 0.3) is 0 Å². The van der Waals surface area contributed by atoms with Crippen molar-refractivity contribution in [3.8, 4) is 0 Å². The molecule has 1 aromatic rings. The topological polar surface area (TPSA) is 38.5 Å². The zero-order valence-corrected chi connectivity index (χ0v) is 13.9. The van der Waals surface area contributed by atoms with Crippen molar-refractivity contribution in [2.45, 2.75) is 45.7 Å². The number of methoxy groups -OCH3 is 1. The molecule has 0 aliphatic heterocycles. The maximum Gasteiger partial charge on any atom is 0.0590 e. The molecule has 3 heteroatoms. The van der Waals surface area contributed by atoms with E-state index in [1.807, 2.05) is 0 Å². The Morgan fingerprint density at radius 2 is 2.05 bits per heavy atom. The van der Waals surface area contributed by atoms with Crippen molar-refractivity contribution in [2.75, 3.05) is 26.8 Å². The van der Waals surface area contributed by atoms with Crippen molar-refractivity contribution < 1.29 is 4.74 Å². The summed E-state index contributed by atoms with van der Waals surface area (Å²) in [7, 11) is 1.77. The molecule has 1 fully saturated rings. The van der Waals surface area contributed by atoms with Crippen LogP contribution >= 0.6 is 0 Å². The molecule has 0 saturated heterocycles. The van der Waals surface area contributed by atoms with E-state index < -0.39 is 0 Å². The minimum atomic E-state index is 0.288. The molecule has 0 aromatic heterocycles. The lowest BCUT2D eigenvalue weighted by atomic mass is 9.96. The Morgan fingerprint density at radius 3 is 2.62 bits per heavy atom. The molecule has 21 heavy (non-hydrogen) atoms. The third kappa shape index (κ3) is 4.06. The van der Waals surface area contributed by atoms with Gasteiger partial charge in [-0.1, -0.05) is 23.8 Å². The van der Waals surface area contributed by atoms with Gasteiger partial charge in [-0.3, -0.25) is 4.90 Å². The third-order valence-corrected chi connectivity index (χ3v) is 4.80. The quantitative estimate of drug-likeness (QED) is 0.800. The summed E-state index contributed by atoms with van der Waals surface area (Å²) in [5, 5.41) is 0. The van der Waals surface area contributed by atoms with E-state index in [0.29, 0.717) is 12.6 Å². The van der Waals surface area contributed by atoms with Gasteiger partial charge >= 0.3 is 0 Å². The van der Waals surface area contributed by atoms with Crippen LogP contribution < -0.4 is 5.73 Å². The Labute approximate surface area is 129 Å². The maximum atomic E-state index is 6.17. The lowest BCUT2D eigenvalue weighted by Gasteiger charge is -2.37. The van der Waals surface area contributed by atoms with Crippen LogP contribution in [0.5, 0.6) is 0 Å². The van der Waals surface area contributed by atoms with E-state index in [1.54, 1.807) is 7.11 Å². The van der Waals surface area contributed by atoms with Crippen LogP contribution in [0.15, 0.2) is 18.2 Å². The minimum absolute atomic E-state index is 0.288. The molecule has 0 heterocycles. The number of nitrogens with zero attached hydrogens (tertiary/aromatic N) is 1. The number of ether oxygens (including phenoxy) is 1. The molecule has 2 atom stereocenters. The van der Waals surface area contributed by atoms with Gasteiger partial charge in [0, 0.05) is 32.3 Å². The molecule has 1 aliphatic rings. The van der Waals surface area contributed by atoms with Crippen LogP contribution in [0.2, 0.25) is 0 Å². The first-order valence-corrected chi connectivity index (χ1v) is 8.10. The highest BCUT2D eigenvalue weighted by molar-refractivity contribution is 5.33. The zero-order valence-electron chi connectivity index (χ0n) is 13.9. The summed E-state index contributed by atoms with van der Waals surface area (Å²) in [5.41, 5.74) is 10.2. The zero-order chi connectivity index (χ0) is 15.4. The van der Waals surface area contributed by atoms with Crippen molar-refractivity contribution in [3.05, 3.63) is 34.9 Å². The van der Waals surface area contributed by atoms with E-state index in [-0.39, 0.29) is 6.04 Å². The fourth-order valence-corrected chi connectivity index (χ4v) is 3.25. The Bertz CT molecular complexity index is 457. The van der Waals surface area contributed by atoms with E-state index in [2.05, 4.69) is 43.9 Å². The van der Waals surface area contributed by atoms with Crippen LogP contribution in [-0.4, -0.2) is 37.7 Å². The van der Waals surface area contributed by atoms with Gasteiger partial charge < -0.3 is 10.5 Å². The Morgan fingerprint density at radius 1 is 1.33 bits per heavy atom. The molecular formula is C18H30N2O. The van der Waals surface area contributed by atoms with Gasteiger partial charge in [0.1, 0.15) is 0 Å². The predicted molar refractivity (Wildman–Crippen MR) is 88.5 cm³/mol. The van der Waals surface area contributed by atoms with Crippen LogP contribution in [0, 0.1) is 19.8 Å². The summed E-state index contributed by atoms with van der Waals surface area (Å²) < 4.78 is 5.32. The fourth-order valence-electron chi connectivity index (χ4n) is 3.25. The van der Waals surface area contributed by atoms with Crippen LogP contribution in [0.4, 0.5) is 0 Å². The number of hydrogen-bond acceptors (Lipinski definition) is 3. The minimum Gasteiger partial charge on any atom is -0.383 e. The molecule has 2 N–H and O–H groups in total. The molecule has 2 rings (SSSR count). The molecule has 2 unspecified atom stereocenters. The fraction of sp³-hybridized carbons (Fsp3) is 0.667. The van der Waals surface area contributed by atoms with Crippen LogP contribution in [0.3, 0.4) is 0 Å². The highest BCUT2D eigenvalue weighted by atomic mass is 16.5. The summed E-state index contributed by atoms with van der Waals surface area (Å²) in [6, 6.07) is 7.55. The second-order valence-electron chi connectivity index (χ2n) is 6.42. The molecule has 1 saturated carbocycles. The normalized spacial score (nSPS) is 18.0. The number of benzene rings is 1. The van der Waals surface area contributed by atoms with Crippen molar-refractivity contribution in [1.82, 2.24) is 4.90 Å². The molecular weight excluding hydrogens is 260 g/mol. The maximum absolute atomic E-state index is 6.17. The van der Waals surface area contributed by atoms with Gasteiger partial charge in [0.15, 0.2) is 0 Å². The van der Waals surface area contributed by atoms with E-state index in [9.17, 15) is 0 Å². The number of nitrogens with two attached hydrogens (primary N) is 1. The lowest BCUT2D eigenvalue weighted by Crippen LogP contribution is -2.43. The highest BCUT2D eigenvalue weighted by Gasteiger charge is 2.35. The Balaban J connectivity index is 2.26. The first-order chi connectivity index (χ1) is 10.1. The van der Waals surface area contributed by atoms with Gasteiger partial charge in [-0.05, 0) is 50.7 Å². The van der Waals surface area contributed by atoms with Crippen molar-refractivity contribution in [1.29, 1.82) is 0 Å². The lowest BCUT2D eigenvalue weighted by molar-refractivity contribution is 0.0832. The summed E-state index contributed by atoms with van der Waals surface area (Å²) in [6.45, 7) is 9.06. The first kappa shape index (κ1) is 16.5. The van der Waals surface area contributed by atoms with Crippen LogP contribution in [0.1, 0.15) is 42.5 Å². The SMILES string of the molecule is COCCN(C(CN)c1cc(C)ccc1C)C(C)C1CC1. The number of aryl methyl sites for hydroxylation is 2. The Hall–Kier alpha value is -0.900. The standard InChI is InChI=1S/C18H30N2O/c1-13-5-6-14(2)17(11-13)18(12-19)20(9-10-21-4)15(3)16-7-8-16/h5-6,11,15-16,18H,7-10,12,19H2,1-4H3. The first-order valence-electron chi connectivity index (χ1n) is 8.10. The largest absolute Gasteiger partial charge is 0.383 e. The van der Waals surface area contributed by atoms with Gasteiger partial charge in [0.2, 0.25) is 0 Å². The molecule has 0 spiro atoms. The van der Waals surface area contributed by atoms with Crippen molar-refractivity contribution in [3.63, 3.8) is 0 Å². The van der Waals surface area contributed by atoms with E-state index >= 15 is 0 Å². The van der Waals surface area contributed by atoms with Crippen LogP contribution in [-0.2, 0) is 4.74 Å². The van der Waals surface area contributed by atoms with E-state index in [0.717, 1.165) is 19.1 Å². The van der Waals surface area contributed by atoms with Gasteiger partial charge in [-0.15, -0.1) is 0 Å². The van der Waals surface area contributed by atoms with Gasteiger partial charge in [-0.25, -0.2) is 0 Å². The molecule has 0 bridgehead atoms. The summed E-state index contributed by atoms with van der Waals surface area (Å²) >= 11 is 0. The van der Waals surface area contributed by atoms with Gasteiger partial charge in [0.25, 0.3) is 0 Å². The van der Waals surface area contributed by atoms with Gasteiger partial charge in [-0.2, -0.15) is 0 Å². The second kappa shape index (κ2) is 7.39. The molecule has 3 nitrogen and oxygen atoms in total. The third-order valence-electron chi connectivity index (χ3n) is 4.80. The average Bonchev–Trinajstić information content (AvgIpc) is 3.30. The van der Waals surface area contributed by atoms with Gasteiger partial charge in [0.05, 0.1) is 6.61 Å². The molecule has 0 radical (unpaired) electrons. The summed E-state index contributed by atoms with van der Waals surface area (Å²) in [4.78, 5) is 2.56. The molecule has 0 amide bonds. The summed E-state index contributed by atoms with van der Waals surface area (Å²) in [5.74, 6) is 0.834. The Kier molecular flexibility index (Phi) is 5.80. The highest BCUT2D eigenvalue weighted by Crippen LogP contribution is 2.38. The monoisotopic (exact) mass is 290 g/mol. The summed E-state index contributed by atoms with van der Waals surface area (Å²) in [6.07, 6.45) is 2.71. The van der Waals surface area contributed by atoms with E-state index in [1.165, 1.54) is 29.5 Å². The van der Waals surface area contributed by atoms with Crippen molar-refractivity contribution >= 4 is 0 Å². The second-order valence-corrected chi connectivity index (χ2v) is 6.42. The van der Waals surface area contributed by atoms with Crippen molar-refractivity contribution in [2.24, 2.45) is 11.7 Å². The average molecular weight is 290 g/mol. The molecule has 1 aliphatic carbocycles. The molecule has 118 valence electrons.